The molecule has 5 rings (SSSR count). The van der Waals surface area contributed by atoms with Crippen molar-refractivity contribution in [3.63, 3.8) is 0 Å². The van der Waals surface area contributed by atoms with Gasteiger partial charge in [-0.2, -0.15) is 4.98 Å². The lowest BCUT2D eigenvalue weighted by Crippen LogP contribution is -2.23. The summed E-state index contributed by atoms with van der Waals surface area (Å²) < 4.78 is 15.5. The van der Waals surface area contributed by atoms with Crippen LogP contribution in [0.4, 0.5) is 0 Å². The number of rotatable bonds is 8. The van der Waals surface area contributed by atoms with Crippen LogP contribution in [0, 0.1) is 0 Å². The van der Waals surface area contributed by atoms with Gasteiger partial charge in [0.15, 0.2) is 11.4 Å². The van der Waals surface area contributed by atoms with Crippen molar-refractivity contribution in [1.82, 2.24) is 24.1 Å². The van der Waals surface area contributed by atoms with Crippen LogP contribution in [-0.4, -0.2) is 29.9 Å². The molecule has 4 heterocycles. The molecule has 1 saturated carbocycles. The zero-order valence-corrected chi connectivity index (χ0v) is 20.2. The molecule has 9 heteroatoms. The molecule has 4 aromatic rings. The Bertz CT molecular complexity index is 1480. The van der Waals surface area contributed by atoms with Crippen LogP contribution < -0.4 is 15.0 Å². The number of pyridine rings is 3. The van der Waals surface area contributed by atoms with Gasteiger partial charge < -0.3 is 14.0 Å². The van der Waals surface area contributed by atoms with Gasteiger partial charge in [-0.1, -0.05) is 0 Å². The molecule has 0 saturated heterocycles. The molecule has 0 aliphatic heterocycles. The molecular weight excluding hydrogens is 446 g/mol. The summed E-state index contributed by atoms with van der Waals surface area (Å²) >= 11 is 0. The van der Waals surface area contributed by atoms with Crippen molar-refractivity contribution in [2.24, 2.45) is 7.05 Å². The van der Waals surface area contributed by atoms with E-state index in [1.807, 2.05) is 26.1 Å². The van der Waals surface area contributed by atoms with Gasteiger partial charge in [0, 0.05) is 44.0 Å². The van der Waals surface area contributed by atoms with E-state index < -0.39 is 0 Å². The first-order valence-electron chi connectivity index (χ1n) is 11.7. The van der Waals surface area contributed by atoms with E-state index in [4.69, 9.17) is 9.47 Å². The maximum absolute atomic E-state index is 13.0. The number of aromatic nitrogens is 5. The Kier molecular flexibility index (Phi) is 5.84. The maximum atomic E-state index is 13.0. The Balaban J connectivity index is 1.44. The lowest BCUT2D eigenvalue weighted by Gasteiger charge is -2.14. The molecule has 35 heavy (non-hydrogen) atoms. The normalized spacial score (nSPS) is 13.4. The summed E-state index contributed by atoms with van der Waals surface area (Å²) in [5.74, 6) is 1.83. The summed E-state index contributed by atoms with van der Waals surface area (Å²) in [6.45, 7) is 5.48. The molecule has 0 N–H and O–H groups in total. The molecule has 0 spiro atoms. The van der Waals surface area contributed by atoms with E-state index >= 15 is 0 Å². The number of aryl methyl sites for hydroxylation is 1. The molecule has 0 amide bonds. The molecule has 0 radical (unpaired) electrons. The minimum atomic E-state index is -0.188. The number of ether oxygens (including phenoxy) is 2. The SMILES string of the molecule is CC(=O)Cc1cc(Oc2cnc3nc(Oc4cc(C5CC5)cn(C(C)C)c4=O)n(C)c3c2)ccn1. The largest absolute Gasteiger partial charge is 0.456 e. The molecule has 9 nitrogen and oxygen atoms in total. The number of nitrogens with zero attached hydrogens (tertiary/aromatic N) is 5. The van der Waals surface area contributed by atoms with E-state index in [9.17, 15) is 9.59 Å². The second-order valence-electron chi connectivity index (χ2n) is 9.25. The van der Waals surface area contributed by atoms with Gasteiger partial charge in [-0.15, -0.1) is 0 Å². The van der Waals surface area contributed by atoms with Crippen molar-refractivity contribution in [1.29, 1.82) is 0 Å². The fourth-order valence-corrected chi connectivity index (χ4v) is 3.98. The number of carbonyl (C=O) groups is 1. The van der Waals surface area contributed by atoms with Crippen molar-refractivity contribution in [2.75, 3.05) is 0 Å². The number of carbonyl (C=O) groups excluding carboxylic acids is 1. The van der Waals surface area contributed by atoms with E-state index in [2.05, 4.69) is 15.0 Å². The number of imidazole rings is 1. The minimum Gasteiger partial charge on any atom is -0.456 e. The van der Waals surface area contributed by atoms with E-state index in [0.717, 1.165) is 18.4 Å². The maximum Gasteiger partial charge on any atom is 0.304 e. The second-order valence-corrected chi connectivity index (χ2v) is 9.25. The fraction of sp³-hybridized carbons (Fsp3) is 0.346. The summed E-state index contributed by atoms with van der Waals surface area (Å²) in [5.41, 5.74) is 2.73. The van der Waals surface area contributed by atoms with Crippen LogP contribution in [0.25, 0.3) is 11.2 Å². The van der Waals surface area contributed by atoms with E-state index in [-0.39, 0.29) is 35.6 Å². The third-order valence-corrected chi connectivity index (χ3v) is 5.96. The highest BCUT2D eigenvalue weighted by Crippen LogP contribution is 2.41. The summed E-state index contributed by atoms with van der Waals surface area (Å²) in [6.07, 6.45) is 7.62. The van der Waals surface area contributed by atoms with Crippen molar-refractivity contribution >= 4 is 16.9 Å². The minimum absolute atomic E-state index is 0.0227. The Morgan fingerprint density at radius 3 is 2.66 bits per heavy atom. The Morgan fingerprint density at radius 1 is 1.14 bits per heavy atom. The molecule has 0 aromatic carbocycles. The average molecular weight is 474 g/mol. The lowest BCUT2D eigenvalue weighted by molar-refractivity contribution is -0.116. The van der Waals surface area contributed by atoms with Crippen LogP contribution >= 0.6 is 0 Å². The van der Waals surface area contributed by atoms with Crippen molar-refractivity contribution in [3.8, 4) is 23.3 Å². The summed E-state index contributed by atoms with van der Waals surface area (Å²) in [4.78, 5) is 37.5. The zero-order chi connectivity index (χ0) is 24.7. The number of ketones is 1. The number of Topliss-reactive ketones (excluding diaryl/α,β-unsaturated/α-hetero) is 1. The van der Waals surface area contributed by atoms with Crippen LogP contribution in [0.2, 0.25) is 0 Å². The Hall–Kier alpha value is -4.01. The first-order valence-corrected chi connectivity index (χ1v) is 11.7. The standard InChI is InChI=1S/C26H27N5O4/c1-15(2)31-14-18(17-5-6-17)10-23(25(31)33)35-26-29-24-22(30(26)4)12-21(13-28-24)34-20-7-8-27-19(11-20)9-16(3)32/h7-8,10-15,17H,5-6,9H2,1-4H3. The zero-order valence-electron chi connectivity index (χ0n) is 20.2. The molecule has 1 fully saturated rings. The third-order valence-electron chi connectivity index (χ3n) is 5.96. The molecular formula is C26H27N5O4. The van der Waals surface area contributed by atoms with Crippen LogP contribution in [0.1, 0.15) is 56.8 Å². The summed E-state index contributed by atoms with van der Waals surface area (Å²) in [6, 6.07) is 7.39. The van der Waals surface area contributed by atoms with Crippen molar-refractivity contribution < 1.29 is 14.3 Å². The second kappa shape index (κ2) is 8.98. The van der Waals surface area contributed by atoms with Gasteiger partial charge in [0.05, 0.1) is 17.4 Å². The highest BCUT2D eigenvalue weighted by molar-refractivity contribution is 5.77. The van der Waals surface area contributed by atoms with Crippen molar-refractivity contribution in [3.05, 3.63) is 64.5 Å². The molecule has 1 aliphatic rings. The number of hydrogen-bond donors (Lipinski definition) is 0. The van der Waals surface area contributed by atoms with Gasteiger partial charge in [0.2, 0.25) is 0 Å². The molecule has 4 aromatic heterocycles. The lowest BCUT2D eigenvalue weighted by atomic mass is 10.2. The van der Waals surface area contributed by atoms with Gasteiger partial charge in [-0.25, -0.2) is 4.98 Å². The topological polar surface area (TPSA) is 101 Å². The molecule has 0 atom stereocenters. The Labute approximate surface area is 202 Å². The monoisotopic (exact) mass is 473 g/mol. The number of fused-ring (bicyclic) bond motifs is 1. The first-order chi connectivity index (χ1) is 16.8. The Morgan fingerprint density at radius 2 is 1.94 bits per heavy atom. The number of hydrogen-bond acceptors (Lipinski definition) is 7. The quantitative estimate of drug-likeness (QED) is 0.366. The van der Waals surface area contributed by atoms with Crippen LogP contribution in [0.15, 0.2) is 47.7 Å². The highest BCUT2D eigenvalue weighted by atomic mass is 16.5. The molecule has 0 bridgehead atoms. The first kappa shape index (κ1) is 22.8. The van der Waals surface area contributed by atoms with E-state index in [1.54, 1.807) is 46.8 Å². The predicted octanol–water partition coefficient (Wildman–Crippen LogP) is 4.70. The third kappa shape index (κ3) is 4.80. The predicted molar refractivity (Wildman–Crippen MR) is 130 cm³/mol. The smallest absolute Gasteiger partial charge is 0.304 e. The fourth-order valence-electron chi connectivity index (χ4n) is 3.98. The van der Waals surface area contributed by atoms with Gasteiger partial charge in [-0.3, -0.25) is 19.1 Å². The highest BCUT2D eigenvalue weighted by Gasteiger charge is 2.26. The van der Waals surface area contributed by atoms with Gasteiger partial charge in [-0.05, 0) is 57.2 Å². The molecule has 180 valence electrons. The molecule has 0 unspecified atom stereocenters. The average Bonchev–Trinajstić information content (AvgIpc) is 3.61. The van der Waals surface area contributed by atoms with Crippen LogP contribution in [-0.2, 0) is 18.3 Å². The van der Waals surface area contributed by atoms with Gasteiger partial charge in [0.1, 0.15) is 17.3 Å². The van der Waals surface area contributed by atoms with Crippen LogP contribution in [0.5, 0.6) is 23.3 Å². The van der Waals surface area contributed by atoms with E-state index in [1.165, 1.54) is 6.92 Å². The summed E-state index contributed by atoms with van der Waals surface area (Å²) in [5, 5.41) is 0. The van der Waals surface area contributed by atoms with E-state index in [0.29, 0.717) is 34.3 Å². The van der Waals surface area contributed by atoms with Gasteiger partial charge in [0.25, 0.3) is 5.56 Å². The van der Waals surface area contributed by atoms with Crippen molar-refractivity contribution in [2.45, 2.75) is 52.0 Å². The summed E-state index contributed by atoms with van der Waals surface area (Å²) in [7, 11) is 1.80. The molecule has 1 aliphatic carbocycles. The van der Waals surface area contributed by atoms with Gasteiger partial charge >= 0.3 is 6.01 Å². The van der Waals surface area contributed by atoms with Crippen LogP contribution in [0.3, 0.4) is 0 Å².